The lowest BCUT2D eigenvalue weighted by Gasteiger charge is -1.95. The van der Waals surface area contributed by atoms with E-state index in [4.69, 9.17) is 5.73 Å². The number of rotatable bonds is 3. The third-order valence-corrected chi connectivity index (χ3v) is 1.56. The van der Waals surface area contributed by atoms with Gasteiger partial charge in [0.15, 0.2) is 0 Å². The fourth-order valence-electron chi connectivity index (χ4n) is 0.967. The zero-order valence-corrected chi connectivity index (χ0v) is 7.21. The Balaban J connectivity index is 3.07. The molecule has 0 radical (unpaired) electrons. The van der Waals surface area contributed by atoms with Crippen LogP contribution in [-0.4, -0.2) is 10.8 Å². The van der Waals surface area contributed by atoms with Gasteiger partial charge in [0.1, 0.15) is 0 Å². The molecule has 0 heterocycles. The van der Waals surface area contributed by atoms with Crippen molar-refractivity contribution < 1.29 is 9.72 Å². The summed E-state index contributed by atoms with van der Waals surface area (Å²) in [5.74, 6) is -0.636. The number of hydrogen-bond donors (Lipinski definition) is 1. The third-order valence-electron chi connectivity index (χ3n) is 1.56. The fourth-order valence-corrected chi connectivity index (χ4v) is 0.967. The number of para-hydroxylation sites is 1. The Kier molecular flexibility index (Phi) is 2.96. The van der Waals surface area contributed by atoms with Crippen LogP contribution in [0.4, 0.5) is 5.69 Å². The van der Waals surface area contributed by atoms with Crippen LogP contribution in [0.25, 0.3) is 6.08 Å². The number of nitrogens with two attached hydrogens (primary N) is 1. The molecule has 1 aromatic carbocycles. The van der Waals surface area contributed by atoms with Gasteiger partial charge < -0.3 is 5.73 Å². The van der Waals surface area contributed by atoms with Gasteiger partial charge in [-0.3, -0.25) is 14.9 Å². The molecule has 0 unspecified atom stereocenters. The highest BCUT2D eigenvalue weighted by Crippen LogP contribution is 2.18. The summed E-state index contributed by atoms with van der Waals surface area (Å²) >= 11 is 0. The summed E-state index contributed by atoms with van der Waals surface area (Å²) in [6.45, 7) is 0. The minimum atomic E-state index is -0.636. The quantitative estimate of drug-likeness (QED) is 0.441. The Labute approximate surface area is 80.0 Å². The van der Waals surface area contributed by atoms with E-state index in [0.717, 1.165) is 6.08 Å². The molecule has 1 amide bonds. The van der Waals surface area contributed by atoms with E-state index in [1.54, 1.807) is 12.1 Å². The predicted octanol–water partition coefficient (Wildman–Crippen LogP) is 1.09. The second-order valence-corrected chi connectivity index (χ2v) is 2.55. The van der Waals surface area contributed by atoms with Gasteiger partial charge >= 0.3 is 0 Å². The number of nitro benzene ring substituents is 1. The zero-order chi connectivity index (χ0) is 10.6. The number of hydrogen-bond acceptors (Lipinski definition) is 3. The lowest BCUT2D eigenvalue weighted by Crippen LogP contribution is -2.05. The molecule has 0 saturated heterocycles. The van der Waals surface area contributed by atoms with Gasteiger partial charge in [-0.15, -0.1) is 0 Å². The van der Waals surface area contributed by atoms with Crippen LogP contribution in [0.3, 0.4) is 0 Å². The molecule has 0 fully saturated rings. The Hall–Kier alpha value is -2.17. The molecule has 0 aliphatic carbocycles. The Morgan fingerprint density at radius 1 is 1.43 bits per heavy atom. The molecule has 0 spiro atoms. The monoisotopic (exact) mass is 192 g/mol. The zero-order valence-electron chi connectivity index (χ0n) is 7.21. The van der Waals surface area contributed by atoms with Crippen molar-refractivity contribution in [3.63, 3.8) is 0 Å². The summed E-state index contributed by atoms with van der Waals surface area (Å²) in [6.07, 6.45) is 2.41. The smallest absolute Gasteiger partial charge is 0.276 e. The third kappa shape index (κ3) is 2.41. The van der Waals surface area contributed by atoms with E-state index in [1.807, 2.05) is 0 Å². The molecule has 0 bridgehead atoms. The number of primary amides is 1. The molecule has 0 aliphatic rings. The first-order valence-corrected chi connectivity index (χ1v) is 3.82. The van der Waals surface area contributed by atoms with Crippen LogP contribution < -0.4 is 5.73 Å². The number of nitrogens with zero attached hydrogens (tertiary/aromatic N) is 1. The molecule has 2 N–H and O–H groups in total. The highest BCUT2D eigenvalue weighted by atomic mass is 16.6. The van der Waals surface area contributed by atoms with Crippen LogP contribution in [0.15, 0.2) is 30.3 Å². The van der Waals surface area contributed by atoms with E-state index in [0.29, 0.717) is 5.56 Å². The maximum absolute atomic E-state index is 10.5. The molecule has 5 nitrogen and oxygen atoms in total. The number of amides is 1. The van der Waals surface area contributed by atoms with E-state index in [1.165, 1.54) is 18.2 Å². The summed E-state index contributed by atoms with van der Waals surface area (Å²) < 4.78 is 0. The van der Waals surface area contributed by atoms with Crippen LogP contribution in [0, 0.1) is 10.1 Å². The summed E-state index contributed by atoms with van der Waals surface area (Å²) in [5, 5.41) is 10.5. The van der Waals surface area contributed by atoms with E-state index in [-0.39, 0.29) is 5.69 Å². The second-order valence-electron chi connectivity index (χ2n) is 2.55. The molecular weight excluding hydrogens is 184 g/mol. The average Bonchev–Trinajstić information content (AvgIpc) is 2.15. The molecule has 14 heavy (non-hydrogen) atoms. The number of carbonyl (C=O) groups is 1. The normalized spacial score (nSPS) is 10.3. The van der Waals surface area contributed by atoms with Crippen LogP contribution in [0.1, 0.15) is 5.56 Å². The van der Waals surface area contributed by atoms with Crippen molar-refractivity contribution >= 4 is 17.7 Å². The summed E-state index contributed by atoms with van der Waals surface area (Å²) in [6, 6.07) is 6.10. The van der Waals surface area contributed by atoms with Gasteiger partial charge in [-0.05, 0) is 12.1 Å². The maximum atomic E-state index is 10.5. The second kappa shape index (κ2) is 4.18. The summed E-state index contributed by atoms with van der Waals surface area (Å²) in [4.78, 5) is 20.4. The van der Waals surface area contributed by atoms with Crippen molar-refractivity contribution in [1.29, 1.82) is 0 Å². The average molecular weight is 192 g/mol. The number of carbonyl (C=O) groups excluding carboxylic acids is 1. The highest BCUT2D eigenvalue weighted by Gasteiger charge is 2.08. The van der Waals surface area contributed by atoms with Gasteiger partial charge in [0.2, 0.25) is 5.91 Å². The van der Waals surface area contributed by atoms with Crippen molar-refractivity contribution in [2.45, 2.75) is 0 Å². The Morgan fingerprint density at radius 2 is 2.07 bits per heavy atom. The SMILES string of the molecule is NC(=O)/C=C/c1ccccc1[N+](=O)[O-]. The Bertz CT molecular complexity index is 399. The van der Waals surface area contributed by atoms with Gasteiger partial charge in [-0.2, -0.15) is 0 Å². The molecule has 1 rings (SSSR count). The van der Waals surface area contributed by atoms with Crippen molar-refractivity contribution in [2.75, 3.05) is 0 Å². The van der Waals surface area contributed by atoms with Crippen molar-refractivity contribution in [2.24, 2.45) is 5.73 Å². The van der Waals surface area contributed by atoms with Gasteiger partial charge in [0.25, 0.3) is 5.69 Å². The number of nitro groups is 1. The van der Waals surface area contributed by atoms with E-state index < -0.39 is 10.8 Å². The lowest BCUT2D eigenvalue weighted by atomic mass is 10.1. The molecule has 0 aliphatic heterocycles. The molecule has 1 aromatic rings. The molecule has 0 saturated carbocycles. The van der Waals surface area contributed by atoms with E-state index in [9.17, 15) is 14.9 Å². The fraction of sp³-hybridized carbons (Fsp3) is 0. The first kappa shape index (κ1) is 9.91. The molecule has 0 atom stereocenters. The topological polar surface area (TPSA) is 86.2 Å². The minimum Gasteiger partial charge on any atom is -0.366 e. The van der Waals surface area contributed by atoms with Crippen molar-refractivity contribution in [3.05, 3.63) is 46.0 Å². The van der Waals surface area contributed by atoms with Crippen LogP contribution in [-0.2, 0) is 4.79 Å². The first-order chi connectivity index (χ1) is 6.61. The van der Waals surface area contributed by atoms with Crippen LogP contribution in [0.5, 0.6) is 0 Å². The van der Waals surface area contributed by atoms with Gasteiger partial charge in [-0.25, -0.2) is 0 Å². The predicted molar refractivity (Wildman–Crippen MR) is 51.3 cm³/mol. The van der Waals surface area contributed by atoms with Gasteiger partial charge in [0, 0.05) is 12.1 Å². The molecule has 0 aromatic heterocycles. The largest absolute Gasteiger partial charge is 0.366 e. The van der Waals surface area contributed by atoms with E-state index in [2.05, 4.69) is 0 Å². The van der Waals surface area contributed by atoms with Crippen molar-refractivity contribution in [3.8, 4) is 0 Å². The summed E-state index contributed by atoms with van der Waals surface area (Å²) in [7, 11) is 0. The van der Waals surface area contributed by atoms with Crippen LogP contribution >= 0.6 is 0 Å². The molecular formula is C9H8N2O3. The van der Waals surface area contributed by atoms with Crippen LogP contribution in [0.2, 0.25) is 0 Å². The van der Waals surface area contributed by atoms with Gasteiger partial charge in [0.05, 0.1) is 10.5 Å². The van der Waals surface area contributed by atoms with Crippen molar-refractivity contribution in [1.82, 2.24) is 0 Å². The summed E-state index contributed by atoms with van der Waals surface area (Å²) in [5.41, 5.74) is 5.18. The van der Waals surface area contributed by atoms with E-state index >= 15 is 0 Å². The molecule has 5 heteroatoms. The minimum absolute atomic E-state index is 0.0509. The maximum Gasteiger partial charge on any atom is 0.276 e. The number of benzene rings is 1. The Morgan fingerprint density at radius 3 is 2.64 bits per heavy atom. The first-order valence-electron chi connectivity index (χ1n) is 3.82. The standard InChI is InChI=1S/C9H8N2O3/c10-9(12)6-5-7-3-1-2-4-8(7)11(13)14/h1-6H,(H2,10,12)/b6-5+. The molecule has 72 valence electrons. The van der Waals surface area contributed by atoms with Gasteiger partial charge in [-0.1, -0.05) is 12.1 Å². The highest BCUT2D eigenvalue weighted by molar-refractivity contribution is 5.90. The lowest BCUT2D eigenvalue weighted by molar-refractivity contribution is -0.385.